The van der Waals surface area contributed by atoms with Crippen LogP contribution in [0.3, 0.4) is 0 Å². The van der Waals surface area contributed by atoms with Crippen LogP contribution in [0.25, 0.3) is 11.3 Å². The normalized spacial score (nSPS) is 10.4. The van der Waals surface area contributed by atoms with Crippen molar-refractivity contribution >= 4 is 12.4 Å². The fourth-order valence-corrected chi connectivity index (χ4v) is 2.19. The highest BCUT2D eigenvalue weighted by Crippen LogP contribution is 2.25. The van der Waals surface area contributed by atoms with E-state index < -0.39 is 23.3 Å². The molecule has 1 aromatic carbocycles. The van der Waals surface area contributed by atoms with Gasteiger partial charge in [0.15, 0.2) is 11.6 Å². The van der Waals surface area contributed by atoms with Gasteiger partial charge in [0.25, 0.3) is 0 Å². The van der Waals surface area contributed by atoms with Gasteiger partial charge in [-0.25, -0.2) is 23.0 Å². The van der Waals surface area contributed by atoms with Crippen LogP contribution in [0.4, 0.5) is 8.78 Å². The van der Waals surface area contributed by atoms with Crippen molar-refractivity contribution < 1.29 is 27.8 Å². The summed E-state index contributed by atoms with van der Waals surface area (Å²) in [6.07, 6.45) is 0.209. The number of carbonyl (C=O) groups is 2. The number of benzene rings is 1. The largest absolute Gasteiger partial charge is 0.465 e. The molecular formula is C15H13F2N3O5. The first-order valence-electron chi connectivity index (χ1n) is 6.83. The summed E-state index contributed by atoms with van der Waals surface area (Å²) in [6, 6.07) is 2.77. The number of nitrogens with one attached hydrogen (secondary N) is 1. The van der Waals surface area contributed by atoms with Gasteiger partial charge in [0.2, 0.25) is 6.41 Å². The molecule has 0 spiro atoms. The van der Waals surface area contributed by atoms with Crippen molar-refractivity contribution in [1.29, 1.82) is 0 Å². The van der Waals surface area contributed by atoms with Crippen molar-refractivity contribution in [2.24, 2.45) is 0 Å². The molecule has 1 N–H and O–H groups in total. The average molecular weight is 353 g/mol. The second kappa shape index (κ2) is 7.62. The zero-order valence-corrected chi connectivity index (χ0v) is 13.2. The first-order chi connectivity index (χ1) is 11.9. The molecule has 0 radical (unpaired) electrons. The summed E-state index contributed by atoms with van der Waals surface area (Å²) in [5.74, 6) is -3.18. The van der Waals surface area contributed by atoms with Gasteiger partial charge in [-0.05, 0) is 18.2 Å². The maximum atomic E-state index is 13.5. The van der Waals surface area contributed by atoms with Crippen LogP contribution in [0.2, 0.25) is 0 Å². The Morgan fingerprint density at radius 2 is 2.04 bits per heavy atom. The van der Waals surface area contributed by atoms with Crippen LogP contribution < -0.4 is 11.1 Å². The summed E-state index contributed by atoms with van der Waals surface area (Å²) in [5.41, 5.74) is 0.583. The summed E-state index contributed by atoms with van der Waals surface area (Å²) in [7, 11) is 2.39. The van der Waals surface area contributed by atoms with Crippen molar-refractivity contribution in [2.45, 2.75) is 6.61 Å². The topological polar surface area (TPSA) is 99.5 Å². The van der Waals surface area contributed by atoms with Crippen LogP contribution in [0.5, 0.6) is 0 Å². The molecule has 0 fully saturated rings. The van der Waals surface area contributed by atoms with Gasteiger partial charge in [0.1, 0.15) is 5.56 Å². The molecule has 1 heterocycles. The molecule has 0 aliphatic heterocycles. The minimum absolute atomic E-state index is 0.0213. The summed E-state index contributed by atoms with van der Waals surface area (Å²) >= 11 is 0. The Kier molecular flexibility index (Phi) is 5.55. The summed E-state index contributed by atoms with van der Waals surface area (Å²) < 4.78 is 37.0. The lowest BCUT2D eigenvalue weighted by molar-refractivity contribution is -0.106. The standard InChI is InChI=1S/C15H13F2N3O5/c1-24-6-11-12(14(22)25-2)13(19-15(23)20(11)18-7-21)8-3-4-9(16)10(17)5-8/h3-5,7H,6H2,1-2H3,(H,18,21). The Balaban J connectivity index is 2.86. The molecule has 0 bridgehead atoms. The lowest BCUT2D eigenvalue weighted by atomic mass is 10.0. The fourth-order valence-electron chi connectivity index (χ4n) is 2.19. The van der Waals surface area contributed by atoms with Gasteiger partial charge in [0.05, 0.1) is 25.1 Å². The predicted octanol–water partition coefficient (Wildman–Crippen LogP) is 0.821. The van der Waals surface area contributed by atoms with E-state index in [1.54, 1.807) is 0 Å². The van der Waals surface area contributed by atoms with Crippen LogP contribution in [0.15, 0.2) is 23.0 Å². The number of ether oxygens (including phenoxy) is 2. The zero-order valence-electron chi connectivity index (χ0n) is 13.2. The molecule has 10 heteroatoms. The molecular weight excluding hydrogens is 340 g/mol. The zero-order chi connectivity index (χ0) is 18.6. The number of hydrogen-bond donors (Lipinski definition) is 1. The third-order valence-corrected chi connectivity index (χ3v) is 3.24. The number of rotatable bonds is 6. The SMILES string of the molecule is COCc1c(C(=O)OC)c(-c2ccc(F)c(F)c2)nc(=O)n1NC=O. The van der Waals surface area contributed by atoms with Crippen LogP contribution in [0, 0.1) is 11.6 Å². The van der Waals surface area contributed by atoms with E-state index in [0.717, 1.165) is 25.3 Å². The number of hydrogen-bond acceptors (Lipinski definition) is 6. The van der Waals surface area contributed by atoms with Gasteiger partial charge < -0.3 is 9.47 Å². The molecule has 0 atom stereocenters. The van der Waals surface area contributed by atoms with Gasteiger partial charge in [-0.2, -0.15) is 4.98 Å². The molecule has 0 aliphatic rings. The van der Waals surface area contributed by atoms with Gasteiger partial charge in [-0.3, -0.25) is 10.2 Å². The average Bonchev–Trinajstić information content (AvgIpc) is 2.59. The lowest BCUT2D eigenvalue weighted by Gasteiger charge is -2.16. The van der Waals surface area contributed by atoms with Crippen LogP contribution >= 0.6 is 0 Å². The number of esters is 1. The molecule has 2 aromatic rings. The van der Waals surface area contributed by atoms with Crippen molar-refractivity contribution in [3.63, 3.8) is 0 Å². The molecule has 25 heavy (non-hydrogen) atoms. The Hall–Kier alpha value is -3.14. The van der Waals surface area contributed by atoms with Crippen LogP contribution in [-0.4, -0.2) is 36.3 Å². The molecule has 0 unspecified atom stereocenters. The molecule has 1 amide bonds. The highest BCUT2D eigenvalue weighted by Gasteiger charge is 2.25. The molecule has 0 saturated heterocycles. The Morgan fingerprint density at radius 3 is 2.60 bits per heavy atom. The summed E-state index contributed by atoms with van der Waals surface area (Å²) in [4.78, 5) is 38.8. The van der Waals surface area contributed by atoms with E-state index in [4.69, 9.17) is 4.74 Å². The second-order valence-corrected chi connectivity index (χ2v) is 4.70. The molecule has 0 aliphatic carbocycles. The van der Waals surface area contributed by atoms with E-state index >= 15 is 0 Å². The molecule has 1 aromatic heterocycles. The van der Waals surface area contributed by atoms with Crippen molar-refractivity contribution in [3.8, 4) is 11.3 Å². The fraction of sp³-hybridized carbons (Fsp3) is 0.200. The summed E-state index contributed by atoms with van der Waals surface area (Å²) in [5, 5.41) is 0. The Labute approximate surface area is 140 Å². The number of carbonyl (C=O) groups excluding carboxylic acids is 2. The Morgan fingerprint density at radius 1 is 1.32 bits per heavy atom. The third kappa shape index (κ3) is 3.53. The third-order valence-electron chi connectivity index (χ3n) is 3.24. The van der Waals surface area contributed by atoms with E-state index in [0.29, 0.717) is 4.68 Å². The maximum absolute atomic E-state index is 13.5. The Bertz CT molecular complexity index is 882. The van der Waals surface area contributed by atoms with Crippen molar-refractivity contribution in [1.82, 2.24) is 9.66 Å². The number of amides is 1. The van der Waals surface area contributed by atoms with E-state index in [1.807, 2.05) is 0 Å². The predicted molar refractivity (Wildman–Crippen MR) is 81.3 cm³/mol. The first-order valence-corrected chi connectivity index (χ1v) is 6.83. The smallest absolute Gasteiger partial charge is 0.367 e. The van der Waals surface area contributed by atoms with E-state index in [-0.39, 0.29) is 35.5 Å². The van der Waals surface area contributed by atoms with Crippen LogP contribution in [-0.2, 0) is 20.9 Å². The maximum Gasteiger partial charge on any atom is 0.367 e. The highest BCUT2D eigenvalue weighted by atomic mass is 19.2. The van der Waals surface area contributed by atoms with Gasteiger partial charge in [-0.1, -0.05) is 0 Å². The number of methoxy groups -OCH3 is 2. The highest BCUT2D eigenvalue weighted by molar-refractivity contribution is 5.97. The minimum Gasteiger partial charge on any atom is -0.465 e. The molecule has 2 rings (SSSR count). The van der Waals surface area contributed by atoms with Crippen molar-refractivity contribution in [3.05, 3.63) is 51.6 Å². The van der Waals surface area contributed by atoms with Gasteiger partial charge in [-0.15, -0.1) is 0 Å². The van der Waals surface area contributed by atoms with E-state index in [2.05, 4.69) is 15.1 Å². The number of nitrogens with zero attached hydrogens (tertiary/aromatic N) is 2. The molecule has 8 nitrogen and oxygen atoms in total. The number of halogens is 2. The van der Waals surface area contributed by atoms with Gasteiger partial charge in [0, 0.05) is 12.7 Å². The monoisotopic (exact) mass is 353 g/mol. The molecule has 0 saturated carbocycles. The van der Waals surface area contributed by atoms with Gasteiger partial charge >= 0.3 is 11.7 Å². The lowest BCUT2D eigenvalue weighted by Crippen LogP contribution is -2.36. The molecule has 132 valence electrons. The number of aromatic nitrogens is 2. The van der Waals surface area contributed by atoms with Crippen LogP contribution in [0.1, 0.15) is 16.1 Å². The summed E-state index contributed by atoms with van der Waals surface area (Å²) in [6.45, 7) is -0.264. The van der Waals surface area contributed by atoms with Crippen molar-refractivity contribution in [2.75, 3.05) is 19.6 Å². The van der Waals surface area contributed by atoms with E-state index in [1.165, 1.54) is 7.11 Å². The van der Waals surface area contributed by atoms with E-state index in [9.17, 15) is 23.2 Å². The first kappa shape index (κ1) is 18.2. The second-order valence-electron chi connectivity index (χ2n) is 4.70. The minimum atomic E-state index is -1.18. The quantitative estimate of drug-likeness (QED) is 0.610.